The van der Waals surface area contributed by atoms with E-state index in [9.17, 15) is 24.3 Å². The molecule has 9 heteroatoms. The van der Waals surface area contributed by atoms with E-state index in [2.05, 4.69) is 0 Å². The Hall–Kier alpha value is -2.16. The number of likely N-dealkylation sites (tertiary alicyclic amines) is 3. The molecule has 30 heavy (non-hydrogen) atoms. The van der Waals surface area contributed by atoms with Crippen molar-refractivity contribution in [3.05, 3.63) is 0 Å². The summed E-state index contributed by atoms with van der Waals surface area (Å²) in [6.07, 6.45) is 4.19. The first-order chi connectivity index (χ1) is 14.2. The molecule has 4 atom stereocenters. The zero-order valence-electron chi connectivity index (χ0n) is 18.0. The van der Waals surface area contributed by atoms with E-state index >= 15 is 0 Å². The fourth-order valence-electron chi connectivity index (χ4n) is 5.07. The lowest BCUT2D eigenvalue weighted by Gasteiger charge is -2.34. The molecule has 0 saturated carbocycles. The molecule has 168 valence electrons. The average Bonchev–Trinajstić information content (AvgIpc) is 3.45. The van der Waals surface area contributed by atoms with Gasteiger partial charge in [-0.2, -0.15) is 0 Å². The molecular formula is C21H34N4O5. The van der Waals surface area contributed by atoms with Crippen LogP contribution in [0, 0.1) is 5.92 Å². The molecule has 3 heterocycles. The molecule has 3 N–H and O–H groups in total. The van der Waals surface area contributed by atoms with Gasteiger partial charge in [0.25, 0.3) is 0 Å². The zero-order chi connectivity index (χ0) is 22.0. The molecule has 0 aliphatic carbocycles. The van der Waals surface area contributed by atoms with Crippen LogP contribution in [0.25, 0.3) is 0 Å². The highest BCUT2D eigenvalue weighted by Crippen LogP contribution is 2.28. The lowest BCUT2D eigenvalue weighted by molar-refractivity contribution is -0.153. The summed E-state index contributed by atoms with van der Waals surface area (Å²) in [5.74, 6) is -1.41. The lowest BCUT2D eigenvalue weighted by atomic mass is 10.0. The molecule has 3 amide bonds. The number of carboxylic acid groups (broad SMARTS) is 1. The number of amides is 3. The Kier molecular flexibility index (Phi) is 7.00. The lowest BCUT2D eigenvalue weighted by Crippen LogP contribution is -2.56. The fourth-order valence-corrected chi connectivity index (χ4v) is 5.07. The van der Waals surface area contributed by atoms with E-state index in [0.717, 1.165) is 6.42 Å². The third-order valence-electron chi connectivity index (χ3n) is 6.51. The minimum atomic E-state index is -0.997. The van der Waals surface area contributed by atoms with Gasteiger partial charge in [-0.15, -0.1) is 0 Å². The topological polar surface area (TPSA) is 124 Å². The number of rotatable bonds is 6. The van der Waals surface area contributed by atoms with Gasteiger partial charge in [-0.05, 0) is 50.9 Å². The molecule has 0 aromatic heterocycles. The van der Waals surface area contributed by atoms with Crippen LogP contribution in [0.15, 0.2) is 0 Å². The van der Waals surface area contributed by atoms with Crippen molar-refractivity contribution in [3.63, 3.8) is 0 Å². The summed E-state index contributed by atoms with van der Waals surface area (Å²) in [6, 6.07) is -2.67. The van der Waals surface area contributed by atoms with Crippen molar-refractivity contribution in [2.24, 2.45) is 11.7 Å². The van der Waals surface area contributed by atoms with Crippen LogP contribution in [0.2, 0.25) is 0 Å². The summed E-state index contributed by atoms with van der Waals surface area (Å²) in [5, 5.41) is 9.40. The molecule has 3 aliphatic rings. The largest absolute Gasteiger partial charge is 0.480 e. The van der Waals surface area contributed by atoms with Gasteiger partial charge in [0.2, 0.25) is 17.7 Å². The van der Waals surface area contributed by atoms with Gasteiger partial charge in [-0.1, -0.05) is 13.8 Å². The summed E-state index contributed by atoms with van der Waals surface area (Å²) in [6.45, 7) is 5.37. The summed E-state index contributed by atoms with van der Waals surface area (Å²) < 4.78 is 0. The number of carboxylic acids is 1. The van der Waals surface area contributed by atoms with Gasteiger partial charge in [-0.3, -0.25) is 14.4 Å². The third-order valence-corrected chi connectivity index (χ3v) is 6.51. The van der Waals surface area contributed by atoms with Crippen LogP contribution in [0.1, 0.15) is 58.8 Å². The van der Waals surface area contributed by atoms with Crippen molar-refractivity contribution in [1.29, 1.82) is 0 Å². The Balaban J connectivity index is 1.71. The van der Waals surface area contributed by atoms with Gasteiger partial charge in [-0.25, -0.2) is 4.79 Å². The normalized spacial score (nSPS) is 27.7. The van der Waals surface area contributed by atoms with Gasteiger partial charge in [0, 0.05) is 19.6 Å². The van der Waals surface area contributed by atoms with Gasteiger partial charge in [0.1, 0.15) is 18.1 Å². The number of nitrogens with two attached hydrogens (primary N) is 1. The van der Waals surface area contributed by atoms with Crippen LogP contribution in [0.4, 0.5) is 0 Å². The summed E-state index contributed by atoms with van der Waals surface area (Å²) in [5.41, 5.74) is 6.08. The number of aliphatic carboxylic acids is 1. The average molecular weight is 423 g/mol. The van der Waals surface area contributed by atoms with E-state index < -0.39 is 30.1 Å². The minimum Gasteiger partial charge on any atom is -0.480 e. The van der Waals surface area contributed by atoms with Crippen molar-refractivity contribution in [2.45, 2.75) is 83.0 Å². The predicted molar refractivity (Wildman–Crippen MR) is 109 cm³/mol. The molecule has 3 rings (SSSR count). The van der Waals surface area contributed by atoms with E-state index in [-0.39, 0.29) is 23.6 Å². The number of nitrogens with zero attached hydrogens (tertiary/aromatic N) is 3. The number of carbonyl (C=O) groups excluding carboxylic acids is 3. The van der Waals surface area contributed by atoms with Crippen LogP contribution in [-0.4, -0.2) is 87.3 Å². The standard InChI is InChI=1S/C21H34N4O5/c1-13(2)12-14(22)18(26)23-9-3-6-15(23)19(27)24-10-4-7-16(24)20(28)25-11-5-8-17(25)21(29)30/h13-17H,3-12,22H2,1-2H3,(H,29,30). The van der Waals surface area contributed by atoms with Crippen molar-refractivity contribution in [2.75, 3.05) is 19.6 Å². The maximum absolute atomic E-state index is 13.4. The summed E-state index contributed by atoms with van der Waals surface area (Å²) in [7, 11) is 0. The van der Waals surface area contributed by atoms with E-state index in [4.69, 9.17) is 5.73 Å². The van der Waals surface area contributed by atoms with Crippen LogP contribution >= 0.6 is 0 Å². The van der Waals surface area contributed by atoms with Gasteiger partial charge in [0.15, 0.2) is 0 Å². The maximum atomic E-state index is 13.4. The second-order valence-electron chi connectivity index (χ2n) is 9.14. The number of carbonyl (C=O) groups is 4. The zero-order valence-corrected chi connectivity index (χ0v) is 18.0. The highest BCUT2D eigenvalue weighted by Gasteiger charge is 2.45. The molecule has 3 aliphatic heterocycles. The SMILES string of the molecule is CC(C)CC(N)C(=O)N1CCCC1C(=O)N1CCCC1C(=O)N1CCCC1C(=O)O. The van der Waals surface area contributed by atoms with E-state index in [0.29, 0.717) is 58.2 Å². The molecule has 0 spiro atoms. The highest BCUT2D eigenvalue weighted by atomic mass is 16.4. The number of hydrogen-bond donors (Lipinski definition) is 2. The van der Waals surface area contributed by atoms with E-state index in [1.807, 2.05) is 13.8 Å². The van der Waals surface area contributed by atoms with Crippen LogP contribution in [0.5, 0.6) is 0 Å². The second-order valence-corrected chi connectivity index (χ2v) is 9.14. The highest BCUT2D eigenvalue weighted by molar-refractivity contribution is 5.95. The molecule has 3 saturated heterocycles. The van der Waals surface area contributed by atoms with Gasteiger partial charge in [0.05, 0.1) is 6.04 Å². The smallest absolute Gasteiger partial charge is 0.326 e. The Labute approximate surface area is 177 Å². The molecule has 0 bridgehead atoms. The minimum absolute atomic E-state index is 0.202. The first-order valence-corrected chi connectivity index (χ1v) is 11.1. The van der Waals surface area contributed by atoms with Crippen molar-refractivity contribution < 1.29 is 24.3 Å². The van der Waals surface area contributed by atoms with E-state index in [1.54, 1.807) is 9.80 Å². The first-order valence-electron chi connectivity index (χ1n) is 11.1. The molecule has 0 aromatic carbocycles. The molecule has 3 fully saturated rings. The van der Waals surface area contributed by atoms with Crippen molar-refractivity contribution >= 4 is 23.7 Å². The monoisotopic (exact) mass is 422 g/mol. The van der Waals surface area contributed by atoms with E-state index in [1.165, 1.54) is 4.90 Å². The summed E-state index contributed by atoms with van der Waals surface area (Å²) >= 11 is 0. The Morgan fingerprint density at radius 2 is 1.27 bits per heavy atom. The maximum Gasteiger partial charge on any atom is 0.326 e. The molecule has 0 aromatic rings. The predicted octanol–water partition coefficient (Wildman–Crippen LogP) is 0.417. The molecule has 0 radical (unpaired) electrons. The Bertz CT molecular complexity index is 697. The van der Waals surface area contributed by atoms with Crippen molar-refractivity contribution in [1.82, 2.24) is 14.7 Å². The van der Waals surface area contributed by atoms with Gasteiger partial charge < -0.3 is 25.5 Å². The van der Waals surface area contributed by atoms with Crippen molar-refractivity contribution in [3.8, 4) is 0 Å². The van der Waals surface area contributed by atoms with Crippen LogP contribution < -0.4 is 5.73 Å². The summed E-state index contributed by atoms with van der Waals surface area (Å²) in [4.78, 5) is 55.4. The number of hydrogen-bond acceptors (Lipinski definition) is 5. The Morgan fingerprint density at radius 1 is 0.833 bits per heavy atom. The quantitative estimate of drug-likeness (QED) is 0.639. The molecular weight excluding hydrogens is 388 g/mol. The van der Waals surface area contributed by atoms with Gasteiger partial charge >= 0.3 is 5.97 Å². The van der Waals surface area contributed by atoms with Crippen LogP contribution in [0.3, 0.4) is 0 Å². The second kappa shape index (κ2) is 9.32. The Morgan fingerprint density at radius 3 is 1.77 bits per heavy atom. The van der Waals surface area contributed by atoms with Crippen LogP contribution in [-0.2, 0) is 19.2 Å². The fraction of sp³-hybridized carbons (Fsp3) is 0.810. The first kappa shape index (κ1) is 22.5. The third kappa shape index (κ3) is 4.45. The molecule has 9 nitrogen and oxygen atoms in total. The molecule has 4 unspecified atom stereocenters.